The predicted octanol–water partition coefficient (Wildman–Crippen LogP) is 6.38. The first kappa shape index (κ1) is 26.5. The second kappa shape index (κ2) is 11.6. The quantitative estimate of drug-likeness (QED) is 0.284. The fourth-order valence-corrected chi connectivity index (χ4v) is 4.27. The van der Waals surface area contributed by atoms with Gasteiger partial charge in [-0.15, -0.1) is 0 Å². The van der Waals surface area contributed by atoms with Gasteiger partial charge in [-0.05, 0) is 50.1 Å². The minimum absolute atomic E-state index is 0.434. The molecule has 4 rings (SSSR count). The first-order valence-corrected chi connectivity index (χ1v) is 12.4. The Morgan fingerprint density at radius 1 is 0.895 bits per heavy atom. The third-order valence-electron chi connectivity index (χ3n) is 5.99. The van der Waals surface area contributed by atoms with Crippen LogP contribution >= 0.6 is 0 Å². The zero-order valence-electron chi connectivity index (χ0n) is 22.3. The Labute approximate surface area is 224 Å². The first-order valence-electron chi connectivity index (χ1n) is 12.4. The Kier molecular flexibility index (Phi) is 8.11. The maximum Gasteiger partial charge on any atom is 0.414 e. The molecular formula is C30H34N6O2. The molecule has 8 heteroatoms. The number of carbonyl (C=O) groups excluding carboxylic acids is 1. The number of hydrogen-bond donors (Lipinski definition) is 2. The lowest BCUT2D eigenvalue weighted by Crippen LogP contribution is -2.45. The van der Waals surface area contributed by atoms with E-state index in [1.807, 2.05) is 81.4 Å². The molecule has 4 aromatic rings. The first-order chi connectivity index (χ1) is 18.3. The van der Waals surface area contributed by atoms with Crippen molar-refractivity contribution in [2.75, 3.05) is 28.0 Å². The van der Waals surface area contributed by atoms with E-state index in [9.17, 15) is 4.79 Å². The number of amides is 1. The second-order valence-electron chi connectivity index (χ2n) is 9.94. The number of hydrogen-bond acceptors (Lipinski definition) is 7. The number of ether oxygens (including phenoxy) is 1. The highest BCUT2D eigenvalue weighted by atomic mass is 16.5. The Bertz CT molecular complexity index is 1310. The van der Waals surface area contributed by atoms with Gasteiger partial charge >= 0.3 is 6.09 Å². The van der Waals surface area contributed by atoms with Crippen molar-refractivity contribution in [1.29, 1.82) is 0 Å². The van der Waals surface area contributed by atoms with Crippen molar-refractivity contribution < 1.29 is 9.53 Å². The summed E-state index contributed by atoms with van der Waals surface area (Å²) in [5, 5.41) is 3.32. The number of benzene rings is 3. The van der Waals surface area contributed by atoms with Crippen LogP contribution in [0.2, 0.25) is 0 Å². The smallest absolute Gasteiger partial charge is 0.414 e. The zero-order chi connectivity index (χ0) is 27.1. The number of nitrogens with two attached hydrogens (primary N) is 1. The van der Waals surface area contributed by atoms with Crippen molar-refractivity contribution in [2.45, 2.75) is 39.4 Å². The minimum atomic E-state index is -0.484. The maximum absolute atomic E-state index is 12.5. The fraction of sp³-hybridized carbons (Fsp3) is 0.233. The van der Waals surface area contributed by atoms with E-state index >= 15 is 0 Å². The molecule has 38 heavy (non-hydrogen) atoms. The lowest BCUT2D eigenvalue weighted by molar-refractivity contribution is 0.172. The van der Waals surface area contributed by atoms with Crippen molar-refractivity contribution in [3.8, 4) is 0 Å². The Morgan fingerprint density at radius 2 is 1.50 bits per heavy atom. The summed E-state index contributed by atoms with van der Waals surface area (Å²) >= 11 is 0. The normalized spacial score (nSPS) is 11.1. The Balaban J connectivity index is 1.66. The van der Waals surface area contributed by atoms with E-state index in [2.05, 4.69) is 44.5 Å². The molecule has 1 amide bonds. The SMILES string of the molecule is COC(=O)N(c1cccc(Nc2ncnc(N(Cc3ccccc3)Cc3ccccc3)c2N)c1)C(C)(C)C. The molecule has 0 radical (unpaired) electrons. The Morgan fingerprint density at radius 3 is 2.05 bits per heavy atom. The molecule has 1 heterocycles. The van der Waals surface area contributed by atoms with Gasteiger partial charge in [-0.2, -0.15) is 0 Å². The topological polar surface area (TPSA) is 96.6 Å². The third kappa shape index (κ3) is 6.39. The standard InChI is InChI=1S/C30H34N6O2/c1-30(2,3)36(29(37)38-4)25-17-11-16-24(18-25)34-27-26(31)28(33-21-32-27)35(19-22-12-7-5-8-13-22)20-23-14-9-6-10-15-23/h5-18,21H,19-20,31H2,1-4H3,(H,32,33,34). The summed E-state index contributed by atoms with van der Waals surface area (Å²) in [5.41, 5.74) is 10.3. The van der Waals surface area contributed by atoms with Crippen molar-refractivity contribution in [3.05, 3.63) is 102 Å². The molecule has 3 N–H and O–H groups in total. The molecule has 0 aliphatic heterocycles. The van der Waals surface area contributed by atoms with Crippen LogP contribution in [0.4, 0.5) is 33.5 Å². The van der Waals surface area contributed by atoms with Gasteiger partial charge in [0.15, 0.2) is 11.6 Å². The summed E-state index contributed by atoms with van der Waals surface area (Å²) < 4.78 is 5.03. The number of anilines is 5. The molecule has 8 nitrogen and oxygen atoms in total. The molecule has 0 saturated heterocycles. The van der Waals surface area contributed by atoms with Crippen molar-refractivity contribution >= 4 is 34.8 Å². The molecule has 196 valence electrons. The van der Waals surface area contributed by atoms with Crippen LogP contribution in [0.15, 0.2) is 91.3 Å². The van der Waals surface area contributed by atoms with Gasteiger partial charge in [0.25, 0.3) is 0 Å². The van der Waals surface area contributed by atoms with Gasteiger partial charge in [-0.25, -0.2) is 14.8 Å². The highest BCUT2D eigenvalue weighted by molar-refractivity contribution is 5.90. The molecule has 0 saturated carbocycles. The van der Waals surface area contributed by atoms with E-state index in [0.717, 1.165) is 16.8 Å². The molecule has 0 fully saturated rings. The van der Waals surface area contributed by atoms with E-state index in [4.69, 9.17) is 10.5 Å². The average Bonchev–Trinajstić information content (AvgIpc) is 2.90. The van der Waals surface area contributed by atoms with Crippen LogP contribution in [0.3, 0.4) is 0 Å². The molecule has 0 spiro atoms. The molecular weight excluding hydrogens is 476 g/mol. The van der Waals surface area contributed by atoms with Gasteiger partial charge in [0.05, 0.1) is 7.11 Å². The van der Waals surface area contributed by atoms with Crippen molar-refractivity contribution in [3.63, 3.8) is 0 Å². The molecule has 0 unspecified atom stereocenters. The van der Waals surface area contributed by atoms with Gasteiger partial charge in [0.2, 0.25) is 0 Å². The van der Waals surface area contributed by atoms with Crippen LogP contribution in [0, 0.1) is 0 Å². The fourth-order valence-electron chi connectivity index (χ4n) is 4.27. The number of aromatic nitrogens is 2. The summed E-state index contributed by atoms with van der Waals surface area (Å²) in [7, 11) is 1.38. The highest BCUT2D eigenvalue weighted by Gasteiger charge is 2.29. The van der Waals surface area contributed by atoms with Crippen LogP contribution in [-0.4, -0.2) is 28.7 Å². The molecule has 0 atom stereocenters. The van der Waals surface area contributed by atoms with Crippen molar-refractivity contribution in [1.82, 2.24) is 9.97 Å². The number of nitrogen functional groups attached to an aromatic ring is 1. The molecule has 1 aromatic heterocycles. The van der Waals surface area contributed by atoms with E-state index in [1.165, 1.54) is 13.4 Å². The van der Waals surface area contributed by atoms with E-state index in [-0.39, 0.29) is 0 Å². The lowest BCUT2D eigenvalue weighted by atomic mass is 10.1. The number of carbonyl (C=O) groups is 1. The molecule has 0 aliphatic rings. The van der Waals surface area contributed by atoms with Crippen LogP contribution in [-0.2, 0) is 17.8 Å². The summed E-state index contributed by atoms with van der Waals surface area (Å²) in [6.45, 7) is 7.11. The number of methoxy groups -OCH3 is 1. The largest absolute Gasteiger partial charge is 0.452 e. The van der Waals surface area contributed by atoms with E-state index in [0.29, 0.717) is 36.1 Å². The number of nitrogens with zero attached hydrogens (tertiary/aromatic N) is 4. The molecule has 0 bridgehead atoms. The number of nitrogens with one attached hydrogen (secondary N) is 1. The molecule has 0 aliphatic carbocycles. The van der Waals surface area contributed by atoms with Gasteiger partial charge in [0, 0.05) is 30.0 Å². The summed E-state index contributed by atoms with van der Waals surface area (Å²) in [6.07, 6.45) is 1.08. The third-order valence-corrected chi connectivity index (χ3v) is 5.99. The lowest BCUT2D eigenvalue weighted by Gasteiger charge is -2.34. The van der Waals surface area contributed by atoms with Crippen molar-refractivity contribution in [2.24, 2.45) is 0 Å². The average molecular weight is 511 g/mol. The minimum Gasteiger partial charge on any atom is -0.452 e. The van der Waals surface area contributed by atoms with Crippen LogP contribution < -0.4 is 20.9 Å². The predicted molar refractivity (Wildman–Crippen MR) is 154 cm³/mol. The van der Waals surface area contributed by atoms with Gasteiger partial charge < -0.3 is 20.7 Å². The van der Waals surface area contributed by atoms with Crippen LogP contribution in [0.25, 0.3) is 0 Å². The van der Waals surface area contributed by atoms with Gasteiger partial charge in [0.1, 0.15) is 12.0 Å². The van der Waals surface area contributed by atoms with Crippen LogP contribution in [0.1, 0.15) is 31.9 Å². The second-order valence-corrected chi connectivity index (χ2v) is 9.94. The summed E-state index contributed by atoms with van der Waals surface area (Å²) in [6, 6.07) is 27.9. The van der Waals surface area contributed by atoms with Gasteiger partial charge in [-0.3, -0.25) is 4.90 Å². The highest BCUT2D eigenvalue weighted by Crippen LogP contribution is 2.33. The van der Waals surface area contributed by atoms with E-state index in [1.54, 1.807) is 4.90 Å². The summed E-state index contributed by atoms with van der Waals surface area (Å²) in [5.74, 6) is 1.12. The summed E-state index contributed by atoms with van der Waals surface area (Å²) in [4.78, 5) is 25.3. The maximum atomic E-state index is 12.5. The Hall–Kier alpha value is -4.59. The number of rotatable bonds is 8. The van der Waals surface area contributed by atoms with E-state index < -0.39 is 11.6 Å². The molecule has 3 aromatic carbocycles. The van der Waals surface area contributed by atoms with Crippen LogP contribution in [0.5, 0.6) is 0 Å². The zero-order valence-corrected chi connectivity index (χ0v) is 22.3. The monoisotopic (exact) mass is 510 g/mol. The van der Waals surface area contributed by atoms with Gasteiger partial charge in [-0.1, -0.05) is 66.7 Å².